The number of carbonyl (C=O) groups is 5. The minimum absolute atomic E-state index is 0.255. The van der Waals surface area contributed by atoms with Crippen LogP contribution in [0.15, 0.2) is 6.20 Å². The number of likely N-dealkylation sites (N-methyl/N-ethyl adjacent to an activating group) is 2. The third kappa shape index (κ3) is 11.3. The molecular weight excluding hydrogens is 500 g/mol. The lowest BCUT2D eigenvalue weighted by molar-refractivity contribution is -0.140. The number of nitrogens with one attached hydrogen (secondary N) is 4. The van der Waals surface area contributed by atoms with Gasteiger partial charge in [0, 0.05) is 12.7 Å². The quantitative estimate of drug-likeness (QED) is 0.0903. The van der Waals surface area contributed by atoms with Crippen LogP contribution in [0, 0.1) is 0 Å². The maximum Gasteiger partial charge on any atom is 0.305 e. The Morgan fingerprint density at radius 1 is 1.00 bits per heavy atom. The molecule has 15 heteroatoms. The number of carboxylic acid groups (broad SMARTS) is 1. The summed E-state index contributed by atoms with van der Waals surface area (Å²) >= 11 is 0. The largest absolute Gasteiger partial charge is 0.481 e. The van der Waals surface area contributed by atoms with Crippen molar-refractivity contribution in [3.63, 3.8) is 0 Å². The van der Waals surface area contributed by atoms with Crippen LogP contribution in [0.5, 0.6) is 0 Å². The van der Waals surface area contributed by atoms with Gasteiger partial charge in [-0.15, -0.1) is 5.10 Å². The average Bonchev–Trinajstić information content (AvgIpc) is 3.30. The molecule has 0 aliphatic carbocycles. The third-order valence-corrected chi connectivity index (χ3v) is 6.01. The Morgan fingerprint density at radius 3 is 2.16 bits per heavy atom. The minimum atomic E-state index is -1.17. The van der Waals surface area contributed by atoms with Gasteiger partial charge in [-0.25, -0.2) is 0 Å². The Labute approximate surface area is 221 Å². The average molecular weight is 541 g/mol. The molecule has 1 aromatic rings. The first-order valence-corrected chi connectivity index (χ1v) is 12.4. The van der Waals surface area contributed by atoms with Gasteiger partial charge in [-0.3, -0.25) is 28.7 Å². The van der Waals surface area contributed by atoms with Gasteiger partial charge in [0.1, 0.15) is 6.04 Å². The summed E-state index contributed by atoms with van der Waals surface area (Å²) in [5.41, 5.74) is 5.84. The molecule has 1 aromatic heterocycles. The Morgan fingerprint density at radius 2 is 1.63 bits per heavy atom. The second-order valence-corrected chi connectivity index (χ2v) is 9.09. The summed E-state index contributed by atoms with van der Waals surface area (Å²) in [6, 6.07) is -3.48. The number of carboxylic acids is 1. The molecule has 0 radical (unpaired) electrons. The van der Waals surface area contributed by atoms with Crippen LogP contribution in [-0.4, -0.2) is 99.0 Å². The summed E-state index contributed by atoms with van der Waals surface area (Å²) in [7, 11) is 3.09. The highest BCUT2D eigenvalue weighted by Crippen LogP contribution is 2.07. The highest BCUT2D eigenvalue weighted by Gasteiger charge is 2.27. The van der Waals surface area contributed by atoms with E-state index in [2.05, 4.69) is 31.6 Å². The first-order chi connectivity index (χ1) is 17.9. The summed E-state index contributed by atoms with van der Waals surface area (Å²) in [5, 5.41) is 37.3. The van der Waals surface area contributed by atoms with E-state index in [4.69, 9.17) is 10.8 Å². The number of unbranched alkanes of at least 4 members (excludes halogenated alkanes) is 1. The van der Waals surface area contributed by atoms with Gasteiger partial charge in [-0.05, 0) is 60.0 Å². The lowest BCUT2D eigenvalue weighted by Crippen LogP contribution is -2.55. The molecule has 5 atom stereocenters. The minimum Gasteiger partial charge on any atom is -0.481 e. The van der Waals surface area contributed by atoms with Gasteiger partial charge >= 0.3 is 5.97 Å². The van der Waals surface area contributed by atoms with E-state index < -0.39 is 60.4 Å². The van der Waals surface area contributed by atoms with Crippen molar-refractivity contribution in [2.75, 3.05) is 14.1 Å². The van der Waals surface area contributed by atoms with Crippen molar-refractivity contribution in [1.82, 2.24) is 36.3 Å². The monoisotopic (exact) mass is 540 g/mol. The number of nitrogens with two attached hydrogens (primary N) is 1. The maximum absolute atomic E-state index is 12.4. The fourth-order valence-corrected chi connectivity index (χ4v) is 3.72. The molecule has 0 unspecified atom stereocenters. The molecule has 1 heterocycles. The number of hydrogen-bond donors (Lipinski definition) is 7. The number of aromatic nitrogens is 3. The molecule has 0 saturated carbocycles. The van der Waals surface area contributed by atoms with Crippen LogP contribution in [-0.2, 0) is 36.9 Å². The smallest absolute Gasteiger partial charge is 0.305 e. The van der Waals surface area contributed by atoms with Crippen molar-refractivity contribution >= 4 is 29.5 Å². The Bertz CT molecular complexity index is 952. The van der Waals surface area contributed by atoms with Gasteiger partial charge in [0.05, 0.1) is 36.3 Å². The van der Waals surface area contributed by atoms with Crippen molar-refractivity contribution in [2.45, 2.75) is 89.2 Å². The predicted octanol–water partition coefficient (Wildman–Crippen LogP) is -2.54. The summed E-state index contributed by atoms with van der Waals surface area (Å²) in [5.74, 6) is -3.20. The molecule has 8 N–H and O–H groups in total. The number of aliphatic hydroxyl groups is 1. The van der Waals surface area contributed by atoms with Crippen LogP contribution in [0.2, 0.25) is 0 Å². The first-order valence-electron chi connectivity index (χ1n) is 12.4. The molecule has 214 valence electrons. The number of amides is 3. The second kappa shape index (κ2) is 16.4. The van der Waals surface area contributed by atoms with E-state index in [0.29, 0.717) is 37.9 Å². The molecule has 0 aromatic carbocycles. The molecule has 15 nitrogen and oxygen atoms in total. The zero-order valence-electron chi connectivity index (χ0n) is 22.3. The molecule has 38 heavy (non-hydrogen) atoms. The van der Waals surface area contributed by atoms with Crippen molar-refractivity contribution in [1.29, 1.82) is 0 Å². The number of ketones is 1. The highest BCUT2D eigenvalue weighted by atomic mass is 16.4. The summed E-state index contributed by atoms with van der Waals surface area (Å²) in [6.45, 7) is 3.26. The molecule has 0 bridgehead atoms. The van der Waals surface area contributed by atoms with Crippen molar-refractivity contribution in [3.05, 3.63) is 11.9 Å². The number of Topliss-reactive ketones (excluding diaryl/α,β-unsaturated/α-hetero) is 1. The number of nitrogens with zero attached hydrogens (tertiary/aromatic N) is 3. The lowest BCUT2D eigenvalue weighted by atomic mass is 10.1. The van der Waals surface area contributed by atoms with Gasteiger partial charge in [0.2, 0.25) is 17.7 Å². The van der Waals surface area contributed by atoms with Crippen LogP contribution >= 0.6 is 0 Å². The Kier molecular flexibility index (Phi) is 14.1. The van der Waals surface area contributed by atoms with Crippen molar-refractivity contribution in [3.8, 4) is 0 Å². The molecular formula is C23H40N8O7. The number of aliphatic hydroxyl groups excluding tert-OH is 1. The fourth-order valence-electron chi connectivity index (χ4n) is 3.72. The van der Waals surface area contributed by atoms with E-state index in [1.165, 1.54) is 20.9 Å². The number of carbonyl (C=O) groups excluding carboxylic acids is 4. The zero-order valence-corrected chi connectivity index (χ0v) is 22.3. The number of aryl methyl sites for hydroxylation is 2. The summed E-state index contributed by atoms with van der Waals surface area (Å²) < 4.78 is 1.64. The van der Waals surface area contributed by atoms with Crippen LogP contribution < -0.4 is 27.0 Å². The predicted molar refractivity (Wildman–Crippen MR) is 136 cm³/mol. The third-order valence-electron chi connectivity index (χ3n) is 6.01. The molecule has 0 spiro atoms. The fraction of sp³-hybridized carbons (Fsp3) is 0.696. The normalized spacial score (nSPS) is 15.1. The highest BCUT2D eigenvalue weighted by molar-refractivity contribution is 5.91. The molecule has 3 amide bonds. The first kappa shape index (κ1) is 32.6. The number of primary amides is 1. The molecule has 0 aliphatic rings. The summed E-state index contributed by atoms with van der Waals surface area (Å²) in [6.07, 6.45) is 2.70. The van der Waals surface area contributed by atoms with Gasteiger partial charge < -0.3 is 37.2 Å². The van der Waals surface area contributed by atoms with Crippen molar-refractivity contribution < 1.29 is 34.2 Å². The van der Waals surface area contributed by atoms with Gasteiger partial charge in [0.15, 0.2) is 5.78 Å². The van der Waals surface area contributed by atoms with Crippen LogP contribution in [0.4, 0.5) is 0 Å². The van der Waals surface area contributed by atoms with Gasteiger partial charge in [0.25, 0.3) is 0 Å². The SMILES string of the molecule is CN[C@@H](CC(=O)O)C(=O)N[C@@H](CCc1cn(CCCC[C@H](NC)C(=O)N[C@H](C(N)=O)[C@@H](C)O)nn1)C(C)=O. The van der Waals surface area contributed by atoms with E-state index >= 15 is 0 Å². The zero-order chi connectivity index (χ0) is 28.8. The van der Waals surface area contributed by atoms with E-state index in [-0.39, 0.29) is 12.2 Å². The number of aliphatic carboxylic acids is 1. The molecule has 0 saturated heterocycles. The molecule has 0 aliphatic heterocycles. The van der Waals surface area contributed by atoms with E-state index in [1.807, 2.05) is 0 Å². The Hall–Kier alpha value is -3.43. The topological polar surface area (TPSA) is 231 Å². The Balaban J connectivity index is 2.53. The van der Waals surface area contributed by atoms with E-state index in [1.54, 1.807) is 17.9 Å². The lowest BCUT2D eigenvalue weighted by Gasteiger charge is -2.22. The number of hydrogen-bond acceptors (Lipinski definition) is 10. The van der Waals surface area contributed by atoms with Gasteiger partial charge in [-0.1, -0.05) is 5.21 Å². The number of rotatable bonds is 19. The second-order valence-electron chi connectivity index (χ2n) is 9.09. The van der Waals surface area contributed by atoms with Crippen LogP contribution in [0.25, 0.3) is 0 Å². The van der Waals surface area contributed by atoms with E-state index in [9.17, 15) is 29.1 Å². The van der Waals surface area contributed by atoms with Crippen molar-refractivity contribution in [2.24, 2.45) is 5.73 Å². The van der Waals surface area contributed by atoms with Crippen LogP contribution in [0.1, 0.15) is 51.6 Å². The molecule has 0 fully saturated rings. The summed E-state index contributed by atoms with van der Waals surface area (Å²) in [4.78, 5) is 59.0. The van der Waals surface area contributed by atoms with Gasteiger partial charge in [-0.2, -0.15) is 0 Å². The van der Waals surface area contributed by atoms with E-state index in [0.717, 1.165) is 0 Å². The molecule has 1 rings (SSSR count). The standard InChI is InChI=1S/C23H40N8O7/c1-13(32)16(27-23(38)18(26-4)11-19(34)35)9-8-15-12-31(30-29-15)10-6-5-7-17(25-3)22(37)28-20(14(2)33)21(24)36/h12,14,16-18,20,25-26,33H,5-11H2,1-4H3,(H2,24,36)(H,27,38)(H,28,37)(H,34,35)/t14-,16+,17+,18+,20+/m1/s1. The van der Waals surface area contributed by atoms with Crippen LogP contribution in [0.3, 0.4) is 0 Å². The maximum atomic E-state index is 12.4.